The number of carboxylic acid groups (broad SMARTS) is 1. The standard InChI is InChI=1S/C12H17N3O4S/c1-15(10-4-6-13-7-5-10)20(18,19)11-3-2-9(8-14-11)12(16)17/h2-3,8,10,13H,4-7H2,1H3,(H,16,17). The van der Waals surface area contributed by atoms with E-state index in [0.717, 1.165) is 32.1 Å². The van der Waals surface area contributed by atoms with Gasteiger partial charge in [0.1, 0.15) is 0 Å². The summed E-state index contributed by atoms with van der Waals surface area (Å²) in [6, 6.07) is 2.43. The van der Waals surface area contributed by atoms with Crippen LogP contribution in [-0.4, -0.2) is 55.0 Å². The molecule has 0 spiro atoms. The Balaban J connectivity index is 2.22. The van der Waals surface area contributed by atoms with E-state index in [1.54, 1.807) is 0 Å². The largest absolute Gasteiger partial charge is 0.478 e. The molecule has 1 aromatic rings. The number of sulfonamides is 1. The molecule has 0 saturated carbocycles. The number of aromatic nitrogens is 1. The van der Waals surface area contributed by atoms with E-state index in [2.05, 4.69) is 10.3 Å². The quantitative estimate of drug-likeness (QED) is 0.821. The van der Waals surface area contributed by atoms with Crippen LogP contribution in [0.1, 0.15) is 23.2 Å². The molecule has 0 aromatic carbocycles. The van der Waals surface area contributed by atoms with Gasteiger partial charge >= 0.3 is 5.97 Å². The molecule has 1 aliphatic rings. The van der Waals surface area contributed by atoms with Gasteiger partial charge < -0.3 is 10.4 Å². The number of aromatic carboxylic acids is 1. The predicted octanol–water partition coefficient (Wildman–Crippen LogP) is 0.152. The van der Waals surface area contributed by atoms with Crippen LogP contribution in [0.4, 0.5) is 0 Å². The number of nitrogens with zero attached hydrogens (tertiary/aromatic N) is 2. The number of piperidine rings is 1. The lowest BCUT2D eigenvalue weighted by Crippen LogP contribution is -2.44. The molecule has 1 aromatic heterocycles. The average molecular weight is 299 g/mol. The third-order valence-electron chi connectivity index (χ3n) is 3.45. The summed E-state index contributed by atoms with van der Waals surface area (Å²) in [5.41, 5.74) is -0.0338. The molecule has 1 fully saturated rings. The fraction of sp³-hybridized carbons (Fsp3) is 0.500. The number of hydrogen-bond donors (Lipinski definition) is 2. The van der Waals surface area contributed by atoms with Crippen molar-refractivity contribution in [3.63, 3.8) is 0 Å². The zero-order valence-corrected chi connectivity index (χ0v) is 11.9. The van der Waals surface area contributed by atoms with E-state index >= 15 is 0 Å². The highest BCUT2D eigenvalue weighted by Crippen LogP contribution is 2.19. The van der Waals surface area contributed by atoms with Crippen LogP contribution in [0.5, 0.6) is 0 Å². The number of rotatable bonds is 4. The molecular formula is C12H17N3O4S. The van der Waals surface area contributed by atoms with E-state index in [1.165, 1.54) is 23.5 Å². The Labute approximate surface area is 117 Å². The van der Waals surface area contributed by atoms with Crippen molar-refractivity contribution in [2.75, 3.05) is 20.1 Å². The molecule has 7 nitrogen and oxygen atoms in total. The van der Waals surface area contributed by atoms with E-state index < -0.39 is 16.0 Å². The number of nitrogens with one attached hydrogen (secondary N) is 1. The minimum atomic E-state index is -3.68. The predicted molar refractivity (Wildman–Crippen MR) is 72.0 cm³/mol. The summed E-state index contributed by atoms with van der Waals surface area (Å²) in [4.78, 5) is 14.5. The lowest BCUT2D eigenvalue weighted by molar-refractivity contribution is 0.0696. The maximum atomic E-state index is 12.4. The van der Waals surface area contributed by atoms with Gasteiger partial charge in [-0.3, -0.25) is 0 Å². The van der Waals surface area contributed by atoms with E-state index in [-0.39, 0.29) is 16.6 Å². The molecule has 2 N–H and O–H groups in total. The van der Waals surface area contributed by atoms with Crippen molar-refractivity contribution >= 4 is 16.0 Å². The minimum absolute atomic E-state index is 0.0338. The maximum absolute atomic E-state index is 12.4. The van der Waals surface area contributed by atoms with Crippen molar-refractivity contribution in [1.29, 1.82) is 0 Å². The second-order valence-electron chi connectivity index (χ2n) is 4.69. The van der Waals surface area contributed by atoms with E-state index in [1.807, 2.05) is 0 Å². The van der Waals surface area contributed by atoms with Gasteiger partial charge in [0, 0.05) is 19.3 Å². The van der Waals surface area contributed by atoms with Gasteiger partial charge in [-0.2, -0.15) is 4.31 Å². The monoisotopic (exact) mass is 299 g/mol. The highest BCUT2D eigenvalue weighted by atomic mass is 32.2. The van der Waals surface area contributed by atoms with E-state index in [4.69, 9.17) is 5.11 Å². The molecule has 0 unspecified atom stereocenters. The Morgan fingerprint density at radius 1 is 1.40 bits per heavy atom. The first-order valence-electron chi connectivity index (χ1n) is 6.31. The topological polar surface area (TPSA) is 99.6 Å². The molecule has 20 heavy (non-hydrogen) atoms. The molecule has 8 heteroatoms. The molecular weight excluding hydrogens is 282 g/mol. The van der Waals surface area contributed by atoms with Gasteiger partial charge in [0.25, 0.3) is 10.0 Å². The Bertz CT molecular complexity index is 579. The molecule has 2 rings (SSSR count). The molecule has 110 valence electrons. The van der Waals surface area contributed by atoms with Crippen LogP contribution in [0.25, 0.3) is 0 Å². The van der Waals surface area contributed by atoms with Gasteiger partial charge in [0.05, 0.1) is 5.56 Å². The molecule has 2 heterocycles. The Morgan fingerprint density at radius 3 is 2.55 bits per heavy atom. The zero-order chi connectivity index (χ0) is 14.8. The second kappa shape index (κ2) is 5.86. The molecule has 0 radical (unpaired) electrons. The maximum Gasteiger partial charge on any atom is 0.337 e. The first-order valence-corrected chi connectivity index (χ1v) is 7.75. The second-order valence-corrected chi connectivity index (χ2v) is 6.64. The van der Waals surface area contributed by atoms with Gasteiger partial charge in [0.2, 0.25) is 0 Å². The van der Waals surface area contributed by atoms with Gasteiger partial charge in [0.15, 0.2) is 5.03 Å². The van der Waals surface area contributed by atoms with Gasteiger partial charge in [-0.25, -0.2) is 18.2 Å². The highest BCUT2D eigenvalue weighted by molar-refractivity contribution is 7.89. The van der Waals surface area contributed by atoms with Crippen molar-refractivity contribution in [3.05, 3.63) is 23.9 Å². The average Bonchev–Trinajstić information content (AvgIpc) is 2.47. The smallest absolute Gasteiger partial charge is 0.337 e. The van der Waals surface area contributed by atoms with E-state index in [9.17, 15) is 13.2 Å². The highest BCUT2D eigenvalue weighted by Gasteiger charge is 2.29. The number of pyridine rings is 1. The van der Waals surface area contributed by atoms with Crippen LogP contribution < -0.4 is 5.32 Å². The van der Waals surface area contributed by atoms with Crippen LogP contribution in [-0.2, 0) is 10.0 Å². The van der Waals surface area contributed by atoms with Gasteiger partial charge in [-0.1, -0.05) is 0 Å². The zero-order valence-electron chi connectivity index (χ0n) is 11.1. The SMILES string of the molecule is CN(C1CCNCC1)S(=O)(=O)c1ccc(C(=O)O)cn1. The molecule has 0 bridgehead atoms. The molecule has 0 aliphatic carbocycles. The van der Waals surface area contributed by atoms with Crippen molar-refractivity contribution in [1.82, 2.24) is 14.6 Å². The van der Waals surface area contributed by atoms with E-state index in [0.29, 0.717) is 0 Å². The summed E-state index contributed by atoms with van der Waals surface area (Å²) < 4.78 is 26.1. The fourth-order valence-corrected chi connectivity index (χ4v) is 3.50. The number of hydrogen-bond acceptors (Lipinski definition) is 5. The first kappa shape index (κ1) is 14.9. The summed E-state index contributed by atoms with van der Waals surface area (Å²) in [5, 5.41) is 11.8. The number of carbonyl (C=O) groups is 1. The van der Waals surface area contributed by atoms with Crippen molar-refractivity contribution in [2.45, 2.75) is 23.9 Å². The molecule has 0 amide bonds. The molecule has 0 atom stereocenters. The van der Waals surface area contributed by atoms with Gasteiger partial charge in [-0.05, 0) is 38.1 Å². The summed E-state index contributed by atoms with van der Waals surface area (Å²) in [6.45, 7) is 1.58. The fourth-order valence-electron chi connectivity index (χ4n) is 2.17. The molecule has 1 saturated heterocycles. The minimum Gasteiger partial charge on any atom is -0.478 e. The van der Waals surface area contributed by atoms with Crippen molar-refractivity contribution in [3.8, 4) is 0 Å². The van der Waals surface area contributed by atoms with Gasteiger partial charge in [-0.15, -0.1) is 0 Å². The Kier molecular flexibility index (Phi) is 4.36. The lowest BCUT2D eigenvalue weighted by Gasteiger charge is -2.30. The Morgan fingerprint density at radius 2 is 2.05 bits per heavy atom. The third kappa shape index (κ3) is 2.97. The van der Waals surface area contributed by atoms with Crippen LogP contribution in [0.2, 0.25) is 0 Å². The third-order valence-corrected chi connectivity index (χ3v) is 5.28. The normalized spacial score (nSPS) is 17.3. The van der Waals surface area contributed by atoms with Crippen LogP contribution in [0.15, 0.2) is 23.4 Å². The molecule has 1 aliphatic heterocycles. The van der Waals surface area contributed by atoms with Crippen LogP contribution >= 0.6 is 0 Å². The Hall–Kier alpha value is -1.51. The van der Waals surface area contributed by atoms with Crippen LogP contribution in [0.3, 0.4) is 0 Å². The number of carboxylic acids is 1. The first-order chi connectivity index (χ1) is 9.43. The van der Waals surface area contributed by atoms with Crippen LogP contribution in [0, 0.1) is 0 Å². The van der Waals surface area contributed by atoms with Crippen molar-refractivity contribution in [2.24, 2.45) is 0 Å². The van der Waals surface area contributed by atoms with Crippen molar-refractivity contribution < 1.29 is 18.3 Å². The summed E-state index contributed by atoms with van der Waals surface area (Å²) in [6.07, 6.45) is 2.57. The summed E-state index contributed by atoms with van der Waals surface area (Å²) in [7, 11) is -2.14. The lowest BCUT2D eigenvalue weighted by atomic mass is 10.1. The summed E-state index contributed by atoms with van der Waals surface area (Å²) in [5.74, 6) is -1.13. The summed E-state index contributed by atoms with van der Waals surface area (Å²) >= 11 is 0.